The lowest BCUT2D eigenvalue weighted by atomic mass is 9.56. The summed E-state index contributed by atoms with van der Waals surface area (Å²) in [5.41, 5.74) is 0. The van der Waals surface area contributed by atoms with E-state index in [2.05, 4.69) is 11.7 Å². The summed E-state index contributed by atoms with van der Waals surface area (Å²) in [6.45, 7) is 0. The zero-order valence-electron chi connectivity index (χ0n) is 7.71. The van der Waals surface area contributed by atoms with Crippen molar-refractivity contribution in [2.45, 2.75) is 38.5 Å². The minimum Gasteiger partial charge on any atom is -0.274 e. The molecule has 0 amide bonds. The summed E-state index contributed by atoms with van der Waals surface area (Å²) < 4.78 is 0. The molecule has 4 N–H and O–H groups in total. The third-order valence-electron chi connectivity index (χ3n) is 4.00. The first-order chi connectivity index (χ1) is 5.90. The normalized spacial score (nSPS) is 48.5. The van der Waals surface area contributed by atoms with Crippen molar-refractivity contribution in [1.82, 2.24) is 0 Å². The largest absolute Gasteiger partial charge is 0.274 e. The van der Waals surface area contributed by atoms with Crippen molar-refractivity contribution in [2.24, 2.45) is 35.4 Å². The molecule has 4 saturated carbocycles. The Morgan fingerprint density at radius 2 is 0.667 bits per heavy atom. The van der Waals surface area contributed by atoms with Crippen molar-refractivity contribution in [3.05, 3.63) is 0 Å². The minimum atomic E-state index is 1.18. The van der Waals surface area contributed by atoms with Crippen LogP contribution in [0.15, 0.2) is 0 Å². The first-order valence-corrected chi connectivity index (χ1v) is 5.23. The minimum absolute atomic E-state index is 1.18. The molecule has 0 spiro atoms. The van der Waals surface area contributed by atoms with Gasteiger partial charge in [-0.25, -0.2) is 0 Å². The van der Waals surface area contributed by atoms with Gasteiger partial charge >= 0.3 is 0 Å². The van der Waals surface area contributed by atoms with Crippen LogP contribution in [0.4, 0.5) is 0 Å². The van der Waals surface area contributed by atoms with Crippen molar-refractivity contribution in [1.29, 1.82) is 0 Å². The van der Waals surface area contributed by atoms with Gasteiger partial charge in [-0.3, -0.25) is 11.7 Å². The van der Waals surface area contributed by atoms with Crippen LogP contribution in [0, 0.1) is 23.7 Å². The van der Waals surface area contributed by atoms with E-state index in [-0.39, 0.29) is 0 Å². The van der Waals surface area contributed by atoms with Gasteiger partial charge in [-0.1, -0.05) is 0 Å². The Balaban J connectivity index is 0.000000264. The first-order valence-electron chi connectivity index (χ1n) is 5.23. The average Bonchev–Trinajstić information content (AvgIpc) is 2.05. The van der Waals surface area contributed by atoms with Crippen LogP contribution in [0.5, 0.6) is 0 Å². The molecule has 0 radical (unpaired) electrons. The fourth-order valence-corrected chi connectivity index (χ4v) is 3.98. The second kappa shape index (κ2) is 3.35. The maximum Gasteiger partial charge on any atom is -0.0406 e. The highest BCUT2D eigenvalue weighted by molar-refractivity contribution is 4.92. The van der Waals surface area contributed by atoms with Gasteiger partial charge in [0.2, 0.25) is 0 Å². The van der Waals surface area contributed by atoms with E-state index in [4.69, 9.17) is 0 Å². The Labute approximate surface area is 74.7 Å². The monoisotopic (exact) mass is 168 g/mol. The first kappa shape index (κ1) is 8.52. The molecule has 4 rings (SSSR count). The van der Waals surface area contributed by atoms with Gasteiger partial charge in [0.15, 0.2) is 0 Å². The van der Waals surface area contributed by atoms with Crippen LogP contribution in [0.25, 0.3) is 0 Å². The number of nitrogens with two attached hydrogens (primary N) is 2. The lowest BCUT2D eigenvalue weighted by Gasteiger charge is -2.49. The SMILES string of the molecule is C1C2CC3CC1CC(C2)C3.NN. The van der Waals surface area contributed by atoms with Crippen molar-refractivity contribution in [3.63, 3.8) is 0 Å². The molecule has 70 valence electrons. The lowest BCUT2D eigenvalue weighted by Crippen LogP contribution is -2.38. The molecule has 4 aliphatic rings. The number of hydrogen-bond acceptors (Lipinski definition) is 2. The van der Waals surface area contributed by atoms with Crippen LogP contribution in [-0.2, 0) is 0 Å². The van der Waals surface area contributed by atoms with Crippen LogP contribution < -0.4 is 11.7 Å². The van der Waals surface area contributed by atoms with E-state index in [1.165, 1.54) is 23.7 Å². The van der Waals surface area contributed by atoms with Crippen molar-refractivity contribution in [3.8, 4) is 0 Å². The summed E-state index contributed by atoms with van der Waals surface area (Å²) in [6, 6.07) is 0. The fourth-order valence-electron chi connectivity index (χ4n) is 3.98. The summed E-state index contributed by atoms with van der Waals surface area (Å²) in [6.07, 6.45) is 9.62. The van der Waals surface area contributed by atoms with Gasteiger partial charge in [-0.15, -0.1) is 0 Å². The molecule has 4 aliphatic carbocycles. The second-order valence-corrected chi connectivity index (χ2v) is 4.88. The third-order valence-corrected chi connectivity index (χ3v) is 4.00. The molecule has 0 heterocycles. The van der Waals surface area contributed by atoms with Crippen LogP contribution in [0.2, 0.25) is 0 Å². The lowest BCUT2D eigenvalue weighted by molar-refractivity contribution is 0.0198. The molecule has 0 aromatic carbocycles. The van der Waals surface area contributed by atoms with Gasteiger partial charge in [0.1, 0.15) is 0 Å². The average molecular weight is 168 g/mol. The molecule has 2 nitrogen and oxygen atoms in total. The Morgan fingerprint density at radius 1 is 0.500 bits per heavy atom. The zero-order valence-corrected chi connectivity index (χ0v) is 7.71. The smallest absolute Gasteiger partial charge is 0.0406 e. The van der Waals surface area contributed by atoms with Gasteiger partial charge in [-0.2, -0.15) is 0 Å². The standard InChI is InChI=1S/C10H16.H4N2/c1-7-2-9-4-8(1)5-10(3-7)6-9;1-2/h7-10H,1-6H2;1-2H2. The summed E-state index contributed by atoms with van der Waals surface area (Å²) in [5, 5.41) is 0. The number of hydrazine groups is 1. The molecule has 4 bridgehead atoms. The highest BCUT2D eigenvalue weighted by Gasteiger charge is 2.41. The Hall–Kier alpha value is -0.0800. The van der Waals surface area contributed by atoms with E-state index in [1.807, 2.05) is 0 Å². The molecule has 12 heavy (non-hydrogen) atoms. The highest BCUT2D eigenvalue weighted by Crippen LogP contribution is 2.53. The molecule has 0 atom stereocenters. The molecule has 0 aromatic heterocycles. The second-order valence-electron chi connectivity index (χ2n) is 4.88. The molecule has 2 heteroatoms. The Morgan fingerprint density at radius 3 is 0.833 bits per heavy atom. The predicted octanol–water partition coefficient (Wildman–Crippen LogP) is 1.65. The van der Waals surface area contributed by atoms with Gasteiger partial charge in [0.25, 0.3) is 0 Å². The van der Waals surface area contributed by atoms with Gasteiger partial charge in [0.05, 0.1) is 0 Å². The van der Waals surface area contributed by atoms with Crippen LogP contribution in [0.1, 0.15) is 38.5 Å². The van der Waals surface area contributed by atoms with Crippen LogP contribution in [0.3, 0.4) is 0 Å². The fraction of sp³-hybridized carbons (Fsp3) is 1.00. The maximum atomic E-state index is 4.00. The predicted molar refractivity (Wildman–Crippen MR) is 50.0 cm³/mol. The molecule has 0 aliphatic heterocycles. The van der Waals surface area contributed by atoms with E-state index in [0.29, 0.717) is 0 Å². The van der Waals surface area contributed by atoms with E-state index >= 15 is 0 Å². The summed E-state index contributed by atoms with van der Waals surface area (Å²) in [4.78, 5) is 0. The summed E-state index contributed by atoms with van der Waals surface area (Å²) >= 11 is 0. The molecule has 0 saturated heterocycles. The van der Waals surface area contributed by atoms with E-state index in [1.54, 1.807) is 38.5 Å². The molecular weight excluding hydrogens is 148 g/mol. The van der Waals surface area contributed by atoms with Crippen LogP contribution >= 0.6 is 0 Å². The quantitative estimate of drug-likeness (QED) is 0.427. The molecular formula is C10H20N2. The van der Waals surface area contributed by atoms with Crippen molar-refractivity contribution in [2.75, 3.05) is 0 Å². The number of hydrogen-bond donors (Lipinski definition) is 2. The van der Waals surface area contributed by atoms with Gasteiger partial charge in [0, 0.05) is 0 Å². The van der Waals surface area contributed by atoms with Crippen molar-refractivity contribution < 1.29 is 0 Å². The number of rotatable bonds is 0. The third kappa shape index (κ3) is 1.38. The molecule has 4 fully saturated rings. The topological polar surface area (TPSA) is 52.0 Å². The van der Waals surface area contributed by atoms with E-state index in [9.17, 15) is 0 Å². The molecule has 0 aromatic rings. The highest BCUT2D eigenvalue weighted by atomic mass is 15.0. The van der Waals surface area contributed by atoms with E-state index in [0.717, 1.165) is 0 Å². The van der Waals surface area contributed by atoms with Crippen molar-refractivity contribution >= 4 is 0 Å². The Bertz CT molecular complexity index is 99.4. The van der Waals surface area contributed by atoms with E-state index < -0.39 is 0 Å². The van der Waals surface area contributed by atoms with Crippen LogP contribution in [-0.4, -0.2) is 0 Å². The van der Waals surface area contributed by atoms with Gasteiger partial charge < -0.3 is 0 Å². The zero-order chi connectivity index (χ0) is 8.55. The maximum absolute atomic E-state index is 4.00. The Kier molecular flexibility index (Phi) is 2.37. The molecule has 0 unspecified atom stereocenters. The van der Waals surface area contributed by atoms with Gasteiger partial charge in [-0.05, 0) is 62.2 Å². The summed E-state index contributed by atoms with van der Waals surface area (Å²) in [7, 11) is 0. The summed E-state index contributed by atoms with van der Waals surface area (Å²) in [5.74, 6) is 12.7.